The Hall–Kier alpha value is -0.0800. The summed E-state index contributed by atoms with van der Waals surface area (Å²) in [5.41, 5.74) is 6.59. The summed E-state index contributed by atoms with van der Waals surface area (Å²) < 4.78 is 0. The van der Waals surface area contributed by atoms with Crippen LogP contribution in [-0.2, 0) is 0 Å². The lowest BCUT2D eigenvalue weighted by atomic mass is 9.74. The van der Waals surface area contributed by atoms with Crippen molar-refractivity contribution >= 4 is 0 Å². The molecule has 1 aliphatic heterocycles. The fourth-order valence-corrected chi connectivity index (χ4v) is 3.57. The predicted molar refractivity (Wildman–Crippen MR) is 64.8 cm³/mol. The second kappa shape index (κ2) is 4.06. The molecule has 0 radical (unpaired) electrons. The number of hydrogen-bond acceptors (Lipinski definition) is 2. The van der Waals surface area contributed by atoms with Crippen molar-refractivity contribution in [2.45, 2.75) is 70.5 Å². The molecule has 0 aromatic carbocycles. The van der Waals surface area contributed by atoms with Gasteiger partial charge < -0.3 is 5.73 Å². The van der Waals surface area contributed by atoms with Gasteiger partial charge in [-0.25, -0.2) is 0 Å². The molecule has 0 spiro atoms. The smallest absolute Gasteiger partial charge is 0.0143 e. The average Bonchev–Trinajstić information content (AvgIpc) is 2.16. The first kappa shape index (κ1) is 11.4. The maximum absolute atomic E-state index is 6.27. The van der Waals surface area contributed by atoms with Gasteiger partial charge in [-0.3, -0.25) is 4.90 Å². The van der Waals surface area contributed by atoms with Gasteiger partial charge in [0.15, 0.2) is 0 Å². The van der Waals surface area contributed by atoms with Crippen molar-refractivity contribution in [1.29, 1.82) is 0 Å². The minimum absolute atomic E-state index is 0.320. The molecular formula is C13H26N2. The Bertz CT molecular complexity index is 219. The Morgan fingerprint density at radius 2 is 1.80 bits per heavy atom. The molecule has 2 N–H and O–H groups in total. The van der Waals surface area contributed by atoms with Crippen molar-refractivity contribution in [2.75, 3.05) is 6.54 Å². The van der Waals surface area contributed by atoms with E-state index in [1.165, 1.54) is 38.6 Å². The third kappa shape index (κ3) is 2.21. The second-order valence-electron chi connectivity index (χ2n) is 6.33. The molecule has 0 bridgehead atoms. The van der Waals surface area contributed by atoms with Gasteiger partial charge in [-0.05, 0) is 58.9 Å². The highest BCUT2D eigenvalue weighted by Gasteiger charge is 2.40. The van der Waals surface area contributed by atoms with Gasteiger partial charge in [0, 0.05) is 17.6 Å². The molecule has 0 aromatic rings. The number of hydrogen-bond donors (Lipinski definition) is 1. The zero-order valence-electron chi connectivity index (χ0n) is 10.5. The van der Waals surface area contributed by atoms with E-state index in [9.17, 15) is 0 Å². The topological polar surface area (TPSA) is 29.3 Å². The van der Waals surface area contributed by atoms with Crippen LogP contribution >= 0.6 is 0 Å². The molecule has 2 aliphatic rings. The highest BCUT2D eigenvalue weighted by Crippen LogP contribution is 2.37. The van der Waals surface area contributed by atoms with Crippen LogP contribution in [0.1, 0.15) is 52.9 Å². The van der Waals surface area contributed by atoms with Crippen LogP contribution in [0.15, 0.2) is 0 Å². The van der Waals surface area contributed by atoms with Gasteiger partial charge in [-0.2, -0.15) is 0 Å². The molecule has 3 unspecified atom stereocenters. The van der Waals surface area contributed by atoms with Crippen LogP contribution < -0.4 is 5.73 Å². The Morgan fingerprint density at radius 3 is 2.47 bits per heavy atom. The van der Waals surface area contributed by atoms with Crippen LogP contribution in [0.25, 0.3) is 0 Å². The van der Waals surface area contributed by atoms with Crippen molar-refractivity contribution in [3.8, 4) is 0 Å². The normalized spacial score (nSPS) is 38.8. The van der Waals surface area contributed by atoms with Crippen molar-refractivity contribution in [3.63, 3.8) is 0 Å². The van der Waals surface area contributed by atoms with Crippen molar-refractivity contribution < 1.29 is 0 Å². The van der Waals surface area contributed by atoms with Gasteiger partial charge in [0.2, 0.25) is 0 Å². The molecule has 2 rings (SSSR count). The van der Waals surface area contributed by atoms with Gasteiger partial charge in [0.1, 0.15) is 0 Å². The first-order valence-electron chi connectivity index (χ1n) is 6.52. The third-order valence-electron chi connectivity index (χ3n) is 4.28. The van der Waals surface area contributed by atoms with E-state index >= 15 is 0 Å². The van der Waals surface area contributed by atoms with E-state index in [2.05, 4.69) is 25.7 Å². The van der Waals surface area contributed by atoms with Gasteiger partial charge in [0.25, 0.3) is 0 Å². The molecule has 1 heterocycles. The number of rotatable bonds is 0. The third-order valence-corrected chi connectivity index (χ3v) is 4.28. The maximum atomic E-state index is 6.27. The first-order chi connectivity index (χ1) is 7.00. The van der Waals surface area contributed by atoms with E-state index in [0.717, 1.165) is 12.0 Å². The van der Waals surface area contributed by atoms with Gasteiger partial charge in [-0.15, -0.1) is 0 Å². The van der Waals surface area contributed by atoms with Crippen molar-refractivity contribution in [3.05, 3.63) is 0 Å². The first-order valence-corrected chi connectivity index (χ1v) is 6.52. The van der Waals surface area contributed by atoms with Gasteiger partial charge in [-0.1, -0.05) is 6.42 Å². The summed E-state index contributed by atoms with van der Waals surface area (Å²) in [7, 11) is 0. The quantitative estimate of drug-likeness (QED) is 0.665. The molecule has 1 aliphatic carbocycles. The molecule has 88 valence electrons. The average molecular weight is 210 g/mol. The molecular weight excluding hydrogens is 184 g/mol. The Kier molecular flexibility index (Phi) is 3.09. The lowest BCUT2D eigenvalue weighted by molar-refractivity contribution is -0.0118. The van der Waals surface area contributed by atoms with E-state index in [-0.39, 0.29) is 0 Å². The van der Waals surface area contributed by atoms with E-state index in [1.807, 2.05) is 0 Å². The Labute approximate surface area is 94.2 Å². The summed E-state index contributed by atoms with van der Waals surface area (Å²) >= 11 is 0. The highest BCUT2D eigenvalue weighted by atomic mass is 15.2. The molecule has 1 saturated heterocycles. The standard InChI is InChI=1S/C13H26N2/c1-13(2,3)15-9-5-6-10-11(14)7-4-8-12(10)15/h10-12H,4-9,14H2,1-3H3. The summed E-state index contributed by atoms with van der Waals surface area (Å²) in [4.78, 5) is 2.71. The van der Waals surface area contributed by atoms with E-state index in [1.54, 1.807) is 0 Å². The van der Waals surface area contributed by atoms with Crippen LogP contribution in [0, 0.1) is 5.92 Å². The lowest BCUT2D eigenvalue weighted by Gasteiger charge is -2.52. The Balaban J connectivity index is 2.13. The molecule has 2 fully saturated rings. The molecule has 0 amide bonds. The number of fused-ring (bicyclic) bond motifs is 1. The second-order valence-corrected chi connectivity index (χ2v) is 6.33. The fourth-order valence-electron chi connectivity index (χ4n) is 3.57. The van der Waals surface area contributed by atoms with Crippen molar-refractivity contribution in [2.24, 2.45) is 11.7 Å². The van der Waals surface area contributed by atoms with Crippen LogP contribution in [0.2, 0.25) is 0 Å². The monoisotopic (exact) mass is 210 g/mol. The summed E-state index contributed by atoms with van der Waals surface area (Å²) in [5, 5.41) is 0. The fraction of sp³-hybridized carbons (Fsp3) is 1.00. The summed E-state index contributed by atoms with van der Waals surface area (Å²) in [5.74, 6) is 0.770. The largest absolute Gasteiger partial charge is 0.327 e. The number of piperidine rings is 1. The van der Waals surface area contributed by atoms with Crippen LogP contribution in [0.3, 0.4) is 0 Å². The predicted octanol–water partition coefficient (Wildman–Crippen LogP) is 2.38. The minimum atomic E-state index is 0.320. The zero-order chi connectivity index (χ0) is 11.1. The minimum Gasteiger partial charge on any atom is -0.327 e. The SMILES string of the molecule is CC(C)(C)N1CCCC2C(N)CCCC21. The molecule has 1 saturated carbocycles. The van der Waals surface area contributed by atoms with Gasteiger partial charge >= 0.3 is 0 Å². The lowest BCUT2D eigenvalue weighted by Crippen LogP contribution is -2.59. The van der Waals surface area contributed by atoms with E-state index in [4.69, 9.17) is 5.73 Å². The van der Waals surface area contributed by atoms with Crippen LogP contribution in [0.4, 0.5) is 0 Å². The maximum Gasteiger partial charge on any atom is 0.0143 e. The molecule has 3 atom stereocenters. The summed E-state index contributed by atoms with van der Waals surface area (Å²) in [6.45, 7) is 8.30. The molecule has 2 nitrogen and oxygen atoms in total. The molecule has 2 heteroatoms. The van der Waals surface area contributed by atoms with Crippen molar-refractivity contribution in [1.82, 2.24) is 4.90 Å². The molecule has 15 heavy (non-hydrogen) atoms. The van der Waals surface area contributed by atoms with E-state index < -0.39 is 0 Å². The van der Waals surface area contributed by atoms with Gasteiger partial charge in [0.05, 0.1) is 0 Å². The number of nitrogens with zero attached hydrogens (tertiary/aromatic N) is 1. The van der Waals surface area contributed by atoms with E-state index in [0.29, 0.717) is 11.6 Å². The highest BCUT2D eigenvalue weighted by molar-refractivity contribution is 4.96. The van der Waals surface area contributed by atoms with Crippen LogP contribution in [-0.4, -0.2) is 29.1 Å². The number of nitrogens with two attached hydrogens (primary N) is 1. The Morgan fingerprint density at radius 1 is 1.07 bits per heavy atom. The zero-order valence-corrected chi connectivity index (χ0v) is 10.5. The van der Waals surface area contributed by atoms with Crippen LogP contribution in [0.5, 0.6) is 0 Å². The summed E-state index contributed by atoms with van der Waals surface area (Å²) in [6, 6.07) is 1.23. The summed E-state index contributed by atoms with van der Waals surface area (Å²) in [6.07, 6.45) is 6.65. The molecule has 0 aromatic heterocycles. The number of likely N-dealkylation sites (tertiary alicyclic amines) is 1.